The summed E-state index contributed by atoms with van der Waals surface area (Å²) in [5.74, 6) is -0.818. The highest BCUT2D eigenvalue weighted by atomic mass is 16.6. The molecule has 9 nitrogen and oxygen atoms in total. The van der Waals surface area contributed by atoms with Gasteiger partial charge in [-0.15, -0.1) is 0 Å². The number of alkyl carbamates (subject to hydrolysis) is 1. The average Bonchev–Trinajstić information content (AvgIpc) is 3.66. The summed E-state index contributed by atoms with van der Waals surface area (Å²) in [5.41, 5.74) is 7.36. The lowest BCUT2D eigenvalue weighted by Crippen LogP contribution is -2.40. The van der Waals surface area contributed by atoms with Gasteiger partial charge in [-0.3, -0.25) is 19.7 Å². The van der Waals surface area contributed by atoms with Crippen LogP contribution in [0.4, 0.5) is 10.5 Å². The van der Waals surface area contributed by atoms with Crippen LogP contribution in [0.15, 0.2) is 48.5 Å². The van der Waals surface area contributed by atoms with Crippen molar-refractivity contribution in [2.45, 2.75) is 76.6 Å². The molecule has 5 rings (SSSR count). The highest BCUT2D eigenvalue weighted by molar-refractivity contribution is 6.04. The lowest BCUT2D eigenvalue weighted by Gasteiger charge is -2.31. The molecule has 4 atom stereocenters. The lowest BCUT2D eigenvalue weighted by molar-refractivity contribution is -0.136. The predicted octanol–water partition coefficient (Wildman–Crippen LogP) is 3.77. The number of nitrogens with one attached hydrogen (secondary N) is 2. The van der Waals surface area contributed by atoms with Crippen LogP contribution in [0.2, 0.25) is 0 Å². The summed E-state index contributed by atoms with van der Waals surface area (Å²) in [7, 11) is 0. The number of carbonyl (C=O) groups is 4. The first-order valence-electron chi connectivity index (χ1n) is 13.7. The summed E-state index contributed by atoms with van der Waals surface area (Å²) in [5, 5.41) is 5.11. The predicted molar refractivity (Wildman–Crippen MR) is 145 cm³/mol. The maximum atomic E-state index is 13.9. The van der Waals surface area contributed by atoms with Crippen LogP contribution in [-0.4, -0.2) is 40.8 Å². The molecule has 206 valence electrons. The number of hydrogen-bond acceptors (Lipinski definition) is 6. The molecule has 1 spiro atoms. The molecule has 0 bridgehead atoms. The summed E-state index contributed by atoms with van der Waals surface area (Å²) in [4.78, 5) is 53.5. The number of hydrogen-bond donors (Lipinski definition) is 3. The second kappa shape index (κ2) is 10.4. The molecule has 39 heavy (non-hydrogen) atoms. The second-order valence-corrected chi connectivity index (χ2v) is 11.4. The zero-order valence-corrected chi connectivity index (χ0v) is 22.6. The minimum Gasteiger partial charge on any atom is -0.427 e. The van der Waals surface area contributed by atoms with Crippen molar-refractivity contribution < 1.29 is 23.9 Å². The fraction of sp³-hybridized carbons (Fsp3) is 0.467. The molecular formula is C30H36N4O5. The van der Waals surface area contributed by atoms with Crippen molar-refractivity contribution in [1.82, 2.24) is 10.2 Å². The number of carbonyl (C=O) groups excluding carboxylic acids is 4. The summed E-state index contributed by atoms with van der Waals surface area (Å²) in [6, 6.07) is 14.5. The number of fused-ring (bicyclic) bond motifs is 2. The third kappa shape index (κ3) is 5.28. The van der Waals surface area contributed by atoms with Gasteiger partial charge in [-0.05, 0) is 60.8 Å². The van der Waals surface area contributed by atoms with E-state index in [1.165, 1.54) is 0 Å². The minimum atomic E-state index is -1.49. The zero-order valence-electron chi connectivity index (χ0n) is 22.6. The summed E-state index contributed by atoms with van der Waals surface area (Å²) >= 11 is 0. The van der Waals surface area contributed by atoms with Crippen LogP contribution in [0.1, 0.15) is 69.1 Å². The standard InChI is InChI=1S/C30H36N4O5/c1-17(2)26(31)27(36)32-22-11-12-24-23(14-22)21(15-30(24)28(37)33-29(38)39-30)13-25(35)34(18(3)20-9-10-20)16-19-7-5-4-6-8-19/h4-8,11-12,14,17-18,20-21,26H,9-10,13,15-16,31H2,1-3H3,(H,32,36)(H,33,37,38)/t18-,21?,26-,30?/m0/s1. The van der Waals surface area contributed by atoms with Gasteiger partial charge >= 0.3 is 6.09 Å². The Morgan fingerprint density at radius 1 is 1.13 bits per heavy atom. The summed E-state index contributed by atoms with van der Waals surface area (Å²) in [6.45, 7) is 6.34. The van der Waals surface area contributed by atoms with Gasteiger partial charge in [0.2, 0.25) is 17.4 Å². The molecule has 9 heteroatoms. The summed E-state index contributed by atoms with van der Waals surface area (Å²) < 4.78 is 5.57. The highest BCUT2D eigenvalue weighted by Crippen LogP contribution is 2.51. The van der Waals surface area contributed by atoms with E-state index < -0.39 is 23.6 Å². The van der Waals surface area contributed by atoms with Crippen molar-refractivity contribution in [2.75, 3.05) is 5.32 Å². The Bertz CT molecular complexity index is 1290. The smallest absolute Gasteiger partial charge is 0.415 e. The van der Waals surface area contributed by atoms with Crippen LogP contribution < -0.4 is 16.4 Å². The number of imide groups is 1. The highest BCUT2D eigenvalue weighted by Gasteiger charge is 2.57. The Morgan fingerprint density at radius 3 is 2.46 bits per heavy atom. The van der Waals surface area contributed by atoms with Crippen LogP contribution in [0.3, 0.4) is 0 Å². The number of ether oxygens (including phenoxy) is 1. The Morgan fingerprint density at radius 2 is 1.85 bits per heavy atom. The fourth-order valence-corrected chi connectivity index (χ4v) is 5.76. The van der Waals surface area contributed by atoms with Crippen molar-refractivity contribution in [2.24, 2.45) is 17.6 Å². The minimum absolute atomic E-state index is 0.0211. The van der Waals surface area contributed by atoms with Gasteiger partial charge in [0.15, 0.2) is 0 Å². The number of nitrogens with zero attached hydrogens (tertiary/aromatic N) is 1. The Hall–Kier alpha value is -3.72. The second-order valence-electron chi connectivity index (χ2n) is 11.4. The molecule has 2 aromatic rings. The quantitative estimate of drug-likeness (QED) is 0.451. The van der Waals surface area contributed by atoms with Crippen molar-refractivity contribution in [3.8, 4) is 0 Å². The van der Waals surface area contributed by atoms with E-state index in [9.17, 15) is 19.2 Å². The van der Waals surface area contributed by atoms with E-state index in [1.807, 2.05) is 49.1 Å². The molecule has 1 heterocycles. The number of amides is 4. The first-order valence-corrected chi connectivity index (χ1v) is 13.7. The van der Waals surface area contributed by atoms with E-state index >= 15 is 0 Å². The molecule has 0 aromatic heterocycles. The molecule has 3 aliphatic rings. The molecule has 1 saturated carbocycles. The summed E-state index contributed by atoms with van der Waals surface area (Å²) in [6.07, 6.45) is 1.71. The lowest BCUT2D eigenvalue weighted by atomic mass is 9.93. The van der Waals surface area contributed by atoms with Crippen LogP contribution in [0, 0.1) is 11.8 Å². The van der Waals surface area contributed by atoms with Crippen molar-refractivity contribution in [3.05, 3.63) is 65.2 Å². The van der Waals surface area contributed by atoms with E-state index in [0.717, 1.165) is 18.4 Å². The van der Waals surface area contributed by atoms with Gasteiger partial charge in [0.05, 0.1) is 6.04 Å². The Labute approximate surface area is 228 Å². The van der Waals surface area contributed by atoms with E-state index in [2.05, 4.69) is 17.6 Å². The van der Waals surface area contributed by atoms with Crippen molar-refractivity contribution in [3.63, 3.8) is 0 Å². The number of benzene rings is 2. The van der Waals surface area contributed by atoms with E-state index in [-0.39, 0.29) is 42.5 Å². The van der Waals surface area contributed by atoms with Crippen LogP contribution in [-0.2, 0) is 31.3 Å². The third-order valence-corrected chi connectivity index (χ3v) is 8.33. The molecule has 2 aliphatic carbocycles. The van der Waals surface area contributed by atoms with Crippen molar-refractivity contribution >= 4 is 29.5 Å². The van der Waals surface area contributed by atoms with E-state index in [1.54, 1.807) is 18.2 Å². The largest absolute Gasteiger partial charge is 0.427 e. The Balaban J connectivity index is 1.44. The maximum Gasteiger partial charge on any atom is 0.415 e. The molecule has 1 aliphatic heterocycles. The molecule has 2 fully saturated rings. The molecule has 0 radical (unpaired) electrons. The zero-order chi connectivity index (χ0) is 27.9. The van der Waals surface area contributed by atoms with Crippen molar-refractivity contribution in [1.29, 1.82) is 0 Å². The van der Waals surface area contributed by atoms with Gasteiger partial charge in [-0.2, -0.15) is 0 Å². The van der Waals surface area contributed by atoms with Crippen LogP contribution in [0.25, 0.3) is 0 Å². The monoisotopic (exact) mass is 532 g/mol. The molecule has 1 saturated heterocycles. The molecule has 4 N–H and O–H groups in total. The third-order valence-electron chi connectivity index (χ3n) is 8.33. The van der Waals surface area contributed by atoms with Crippen LogP contribution >= 0.6 is 0 Å². The molecule has 4 amide bonds. The van der Waals surface area contributed by atoms with Gasteiger partial charge in [0.25, 0.3) is 5.91 Å². The average molecular weight is 533 g/mol. The number of nitrogens with two attached hydrogens (primary N) is 1. The van der Waals surface area contributed by atoms with E-state index in [0.29, 0.717) is 29.3 Å². The van der Waals surface area contributed by atoms with Crippen LogP contribution in [0.5, 0.6) is 0 Å². The molecule has 2 unspecified atom stereocenters. The molecular weight excluding hydrogens is 496 g/mol. The first kappa shape index (κ1) is 26.9. The van der Waals surface area contributed by atoms with E-state index in [4.69, 9.17) is 10.5 Å². The van der Waals surface area contributed by atoms with Gasteiger partial charge < -0.3 is 20.7 Å². The SMILES string of the molecule is CC(C)[C@H](N)C(=O)Nc1ccc2c(c1)C(CC(=O)N(Cc1ccccc1)[C@@H](C)C1CC1)CC21OC(=O)NC1=O. The van der Waals surface area contributed by atoms with Gasteiger partial charge in [0.1, 0.15) is 0 Å². The number of rotatable bonds is 9. The Kier molecular flexibility index (Phi) is 7.20. The van der Waals surface area contributed by atoms with Gasteiger partial charge in [-0.25, -0.2) is 4.79 Å². The topological polar surface area (TPSA) is 131 Å². The van der Waals surface area contributed by atoms with Gasteiger partial charge in [-0.1, -0.05) is 50.2 Å². The van der Waals surface area contributed by atoms with Gasteiger partial charge in [0, 0.05) is 36.7 Å². The fourth-order valence-electron chi connectivity index (χ4n) is 5.76. The molecule has 2 aromatic carbocycles. The normalized spacial score (nSPS) is 23.3. The first-order chi connectivity index (χ1) is 18.6. The number of anilines is 1. The maximum absolute atomic E-state index is 13.9.